The lowest BCUT2D eigenvalue weighted by Gasteiger charge is -2.19. The zero-order valence-electron chi connectivity index (χ0n) is 9.77. The molecule has 1 aromatic heterocycles. The second-order valence-electron chi connectivity index (χ2n) is 4.27. The Morgan fingerprint density at radius 3 is 2.59 bits per heavy atom. The van der Waals surface area contributed by atoms with Gasteiger partial charge < -0.3 is 15.2 Å². The van der Waals surface area contributed by atoms with E-state index in [0.717, 1.165) is 0 Å². The van der Waals surface area contributed by atoms with E-state index in [1.807, 2.05) is 0 Å². The van der Waals surface area contributed by atoms with Crippen molar-refractivity contribution >= 4 is 12.1 Å². The summed E-state index contributed by atoms with van der Waals surface area (Å²) in [4.78, 5) is 25.4. The molecule has 0 aliphatic carbocycles. The first-order valence-corrected chi connectivity index (χ1v) is 4.89. The van der Waals surface area contributed by atoms with Crippen LogP contribution >= 0.6 is 0 Å². The molecule has 17 heavy (non-hydrogen) atoms. The van der Waals surface area contributed by atoms with Gasteiger partial charge in [-0.15, -0.1) is 5.10 Å². The number of aromatic nitrogens is 3. The quantitative estimate of drug-likeness (QED) is 0.711. The summed E-state index contributed by atoms with van der Waals surface area (Å²) in [5, 5.41) is 16.8. The van der Waals surface area contributed by atoms with Crippen LogP contribution in [0.2, 0.25) is 0 Å². The number of carbonyl (C=O) groups excluding carboxylic acids is 1. The maximum atomic E-state index is 11.3. The Balaban J connectivity index is 2.45. The van der Waals surface area contributed by atoms with Crippen molar-refractivity contribution in [2.75, 3.05) is 0 Å². The summed E-state index contributed by atoms with van der Waals surface area (Å²) < 4.78 is 4.99. The van der Waals surface area contributed by atoms with E-state index in [4.69, 9.17) is 9.84 Å². The lowest BCUT2D eigenvalue weighted by atomic mass is 10.2. The molecule has 0 aliphatic heterocycles. The minimum Gasteiger partial charge on any atom is -0.475 e. The van der Waals surface area contributed by atoms with Crippen LogP contribution in [-0.2, 0) is 11.3 Å². The van der Waals surface area contributed by atoms with E-state index in [1.54, 1.807) is 20.8 Å². The second kappa shape index (κ2) is 4.81. The van der Waals surface area contributed by atoms with Crippen LogP contribution in [0.25, 0.3) is 0 Å². The molecule has 1 aromatic rings. The molecule has 1 rings (SSSR count). The fourth-order valence-corrected chi connectivity index (χ4v) is 0.940. The highest BCUT2D eigenvalue weighted by Crippen LogP contribution is 2.06. The molecule has 0 radical (unpaired) electrons. The molecule has 1 heterocycles. The predicted molar refractivity (Wildman–Crippen MR) is 56.4 cm³/mol. The van der Waals surface area contributed by atoms with Crippen molar-refractivity contribution < 1.29 is 19.4 Å². The Bertz CT molecular complexity index is 421. The molecule has 1 amide bonds. The van der Waals surface area contributed by atoms with Crippen LogP contribution in [0.4, 0.5) is 4.79 Å². The van der Waals surface area contributed by atoms with Crippen LogP contribution in [-0.4, -0.2) is 38.0 Å². The number of hydrogen-bond donors (Lipinski definition) is 3. The Morgan fingerprint density at radius 1 is 1.47 bits per heavy atom. The zero-order chi connectivity index (χ0) is 13.1. The van der Waals surface area contributed by atoms with Gasteiger partial charge in [0.1, 0.15) is 11.4 Å². The van der Waals surface area contributed by atoms with Gasteiger partial charge in [0.25, 0.3) is 5.82 Å². The summed E-state index contributed by atoms with van der Waals surface area (Å²) in [7, 11) is 0. The number of carboxylic acid groups (broad SMARTS) is 1. The first kappa shape index (κ1) is 12.9. The summed E-state index contributed by atoms with van der Waals surface area (Å²) in [6.07, 6.45) is -0.606. The van der Waals surface area contributed by atoms with Crippen molar-refractivity contribution in [1.82, 2.24) is 20.5 Å². The third kappa shape index (κ3) is 4.49. The molecule has 0 bridgehead atoms. The van der Waals surface area contributed by atoms with E-state index < -0.39 is 17.7 Å². The molecule has 0 atom stereocenters. The Morgan fingerprint density at radius 2 is 2.12 bits per heavy atom. The molecule has 0 unspecified atom stereocenters. The monoisotopic (exact) mass is 242 g/mol. The average Bonchev–Trinajstić information content (AvgIpc) is 2.60. The Kier molecular flexibility index (Phi) is 3.66. The summed E-state index contributed by atoms with van der Waals surface area (Å²) in [5.41, 5.74) is -0.586. The van der Waals surface area contributed by atoms with Gasteiger partial charge in [-0.2, -0.15) is 0 Å². The van der Waals surface area contributed by atoms with Crippen molar-refractivity contribution in [2.45, 2.75) is 32.9 Å². The Hall–Kier alpha value is -2.12. The number of alkyl carbamates (subject to hydrolysis) is 1. The standard InChI is InChI=1S/C9H14N4O4/c1-9(2,3)17-8(16)10-4-5-11-6(7(14)15)13-12-5/h4H2,1-3H3,(H,10,16)(H,14,15)(H,11,12,13). The molecule has 94 valence electrons. The summed E-state index contributed by atoms with van der Waals surface area (Å²) in [5.74, 6) is -1.33. The molecule has 8 nitrogen and oxygen atoms in total. The van der Waals surface area contributed by atoms with Crippen molar-refractivity contribution in [2.24, 2.45) is 0 Å². The van der Waals surface area contributed by atoms with Crippen molar-refractivity contribution in [3.05, 3.63) is 11.6 Å². The smallest absolute Gasteiger partial charge is 0.408 e. The maximum absolute atomic E-state index is 11.3. The van der Waals surface area contributed by atoms with Crippen molar-refractivity contribution in [3.63, 3.8) is 0 Å². The molecule has 0 fully saturated rings. The molecule has 0 saturated carbocycles. The number of carboxylic acids is 1. The second-order valence-corrected chi connectivity index (χ2v) is 4.27. The van der Waals surface area contributed by atoms with Gasteiger partial charge in [0, 0.05) is 0 Å². The van der Waals surface area contributed by atoms with Crippen LogP contribution in [0, 0.1) is 0 Å². The third-order valence-electron chi connectivity index (χ3n) is 1.52. The van der Waals surface area contributed by atoms with E-state index in [-0.39, 0.29) is 18.2 Å². The SMILES string of the molecule is CC(C)(C)OC(=O)NCc1nc(C(=O)O)n[nH]1. The molecule has 8 heteroatoms. The summed E-state index contributed by atoms with van der Waals surface area (Å²) in [6.45, 7) is 5.24. The van der Waals surface area contributed by atoms with Crippen LogP contribution in [0.5, 0.6) is 0 Å². The number of rotatable bonds is 3. The first-order valence-electron chi connectivity index (χ1n) is 4.89. The van der Waals surface area contributed by atoms with Gasteiger partial charge in [0.2, 0.25) is 0 Å². The zero-order valence-corrected chi connectivity index (χ0v) is 9.77. The van der Waals surface area contributed by atoms with Gasteiger partial charge in [-0.25, -0.2) is 14.6 Å². The topological polar surface area (TPSA) is 117 Å². The van der Waals surface area contributed by atoms with E-state index in [9.17, 15) is 9.59 Å². The van der Waals surface area contributed by atoms with Gasteiger partial charge in [-0.3, -0.25) is 5.10 Å². The molecular weight excluding hydrogens is 228 g/mol. The largest absolute Gasteiger partial charge is 0.475 e. The average molecular weight is 242 g/mol. The predicted octanol–water partition coefficient (Wildman–Crippen LogP) is 0.528. The lowest BCUT2D eigenvalue weighted by Crippen LogP contribution is -2.32. The summed E-state index contributed by atoms with van der Waals surface area (Å²) in [6, 6.07) is 0. The van der Waals surface area contributed by atoms with Crippen LogP contribution in [0.3, 0.4) is 0 Å². The number of nitrogens with one attached hydrogen (secondary N) is 2. The minimum atomic E-state index is -1.23. The molecule has 3 N–H and O–H groups in total. The van der Waals surface area contributed by atoms with Crippen LogP contribution in [0.1, 0.15) is 37.2 Å². The van der Waals surface area contributed by atoms with Gasteiger partial charge >= 0.3 is 12.1 Å². The maximum Gasteiger partial charge on any atom is 0.408 e. The van der Waals surface area contributed by atoms with Gasteiger partial charge in [0.15, 0.2) is 0 Å². The van der Waals surface area contributed by atoms with Crippen molar-refractivity contribution in [3.8, 4) is 0 Å². The molecule has 0 saturated heterocycles. The highest BCUT2D eigenvalue weighted by molar-refractivity contribution is 5.82. The van der Waals surface area contributed by atoms with Crippen LogP contribution < -0.4 is 5.32 Å². The number of nitrogens with zero attached hydrogens (tertiary/aromatic N) is 2. The summed E-state index contributed by atoms with van der Waals surface area (Å²) >= 11 is 0. The van der Waals surface area contributed by atoms with Gasteiger partial charge in [0.05, 0.1) is 6.54 Å². The third-order valence-corrected chi connectivity index (χ3v) is 1.52. The van der Waals surface area contributed by atoms with Crippen molar-refractivity contribution in [1.29, 1.82) is 0 Å². The fraction of sp³-hybridized carbons (Fsp3) is 0.556. The van der Waals surface area contributed by atoms with E-state index in [1.165, 1.54) is 0 Å². The number of H-pyrrole nitrogens is 1. The van der Waals surface area contributed by atoms with E-state index in [2.05, 4.69) is 20.5 Å². The molecule has 0 aliphatic rings. The number of hydrogen-bond acceptors (Lipinski definition) is 5. The molecule has 0 aromatic carbocycles. The lowest BCUT2D eigenvalue weighted by molar-refractivity contribution is 0.0522. The number of aromatic carboxylic acids is 1. The van der Waals surface area contributed by atoms with Gasteiger partial charge in [-0.1, -0.05) is 0 Å². The van der Waals surface area contributed by atoms with Crippen LogP contribution in [0.15, 0.2) is 0 Å². The molecule has 0 spiro atoms. The number of aromatic amines is 1. The number of ether oxygens (including phenoxy) is 1. The highest BCUT2D eigenvalue weighted by atomic mass is 16.6. The number of amides is 1. The highest BCUT2D eigenvalue weighted by Gasteiger charge is 2.16. The van der Waals surface area contributed by atoms with E-state index in [0.29, 0.717) is 0 Å². The van der Waals surface area contributed by atoms with E-state index >= 15 is 0 Å². The normalized spacial score (nSPS) is 11.0. The first-order chi connectivity index (χ1) is 7.78. The minimum absolute atomic E-state index is 0.0230. The van der Waals surface area contributed by atoms with Gasteiger partial charge in [-0.05, 0) is 20.8 Å². The molecular formula is C9H14N4O4. The Labute approximate surface area is 97.4 Å². The fourth-order valence-electron chi connectivity index (χ4n) is 0.940. The number of carbonyl (C=O) groups is 2.